The Morgan fingerprint density at radius 3 is 2.68 bits per heavy atom. The van der Waals surface area contributed by atoms with E-state index in [2.05, 4.69) is 31.9 Å². The summed E-state index contributed by atoms with van der Waals surface area (Å²) in [6, 6.07) is 1.54. The lowest BCUT2D eigenvalue weighted by Crippen LogP contribution is -2.42. The fraction of sp³-hybridized carbons (Fsp3) is 0.500. The second-order valence-corrected chi connectivity index (χ2v) is 9.88. The summed E-state index contributed by atoms with van der Waals surface area (Å²) >= 11 is 7.75. The zero-order valence-electron chi connectivity index (χ0n) is 9.67. The molecular weight excluding hydrogens is 422 g/mol. The van der Waals surface area contributed by atoms with E-state index in [9.17, 15) is 13.2 Å². The van der Waals surface area contributed by atoms with Crippen LogP contribution < -0.4 is 0 Å². The SMILES string of the molecule is O=C(O)[C@@H]1CCCN(S(=O)(=O)c2cc(Br)sc2Br)C1. The molecule has 1 aliphatic rings. The summed E-state index contributed by atoms with van der Waals surface area (Å²) in [5.74, 6) is -1.56. The summed E-state index contributed by atoms with van der Waals surface area (Å²) in [5.41, 5.74) is 0. The maximum atomic E-state index is 12.5. The molecule has 0 spiro atoms. The van der Waals surface area contributed by atoms with Gasteiger partial charge in [-0.1, -0.05) is 0 Å². The number of rotatable bonds is 3. The average molecular weight is 433 g/mol. The van der Waals surface area contributed by atoms with Crippen LogP contribution in [0.2, 0.25) is 0 Å². The molecule has 1 aromatic rings. The minimum Gasteiger partial charge on any atom is -0.481 e. The van der Waals surface area contributed by atoms with Gasteiger partial charge in [0.1, 0.15) is 4.90 Å². The summed E-state index contributed by atoms with van der Waals surface area (Å²) < 4.78 is 27.5. The Balaban J connectivity index is 2.29. The minimum absolute atomic E-state index is 0.0393. The van der Waals surface area contributed by atoms with Gasteiger partial charge in [-0.25, -0.2) is 8.42 Å². The van der Waals surface area contributed by atoms with E-state index in [1.807, 2.05) is 0 Å². The van der Waals surface area contributed by atoms with Gasteiger partial charge in [0, 0.05) is 13.1 Å². The highest BCUT2D eigenvalue weighted by Gasteiger charge is 2.34. The molecule has 1 fully saturated rings. The summed E-state index contributed by atoms with van der Waals surface area (Å²) in [6.45, 7) is 0.406. The second-order valence-electron chi connectivity index (χ2n) is 4.23. The smallest absolute Gasteiger partial charge is 0.307 e. The van der Waals surface area contributed by atoms with Gasteiger partial charge in [0.2, 0.25) is 10.0 Å². The van der Waals surface area contributed by atoms with Crippen molar-refractivity contribution < 1.29 is 18.3 Å². The summed E-state index contributed by atoms with van der Waals surface area (Å²) in [5, 5.41) is 9.01. The number of sulfonamides is 1. The number of hydrogen-bond acceptors (Lipinski definition) is 4. The number of nitrogens with zero attached hydrogens (tertiary/aromatic N) is 1. The Morgan fingerprint density at radius 1 is 1.47 bits per heavy atom. The standard InChI is InChI=1S/C10H11Br2NO4S2/c11-8-4-7(9(12)18-8)19(16,17)13-3-1-2-6(5-13)10(14)15/h4,6H,1-3,5H2,(H,14,15)/t6-/m1/s1. The predicted molar refractivity (Wildman–Crippen MR) is 78.8 cm³/mol. The van der Waals surface area contributed by atoms with E-state index in [4.69, 9.17) is 5.11 Å². The molecule has 106 valence electrons. The van der Waals surface area contributed by atoms with E-state index in [1.54, 1.807) is 0 Å². The molecule has 19 heavy (non-hydrogen) atoms. The fourth-order valence-corrected chi connectivity index (χ4v) is 7.29. The van der Waals surface area contributed by atoms with E-state index in [-0.39, 0.29) is 11.4 Å². The minimum atomic E-state index is -3.63. The molecule has 5 nitrogen and oxygen atoms in total. The van der Waals surface area contributed by atoms with Crippen molar-refractivity contribution in [1.82, 2.24) is 4.31 Å². The largest absolute Gasteiger partial charge is 0.481 e. The van der Waals surface area contributed by atoms with Gasteiger partial charge < -0.3 is 5.11 Å². The number of carbonyl (C=O) groups is 1. The number of hydrogen-bond donors (Lipinski definition) is 1. The second kappa shape index (κ2) is 5.80. The molecule has 1 saturated heterocycles. The van der Waals surface area contributed by atoms with Crippen molar-refractivity contribution in [1.29, 1.82) is 0 Å². The topological polar surface area (TPSA) is 74.7 Å². The van der Waals surface area contributed by atoms with E-state index in [0.717, 1.165) is 0 Å². The first-order valence-electron chi connectivity index (χ1n) is 5.50. The Morgan fingerprint density at radius 2 is 2.16 bits per heavy atom. The average Bonchev–Trinajstić information content (AvgIpc) is 2.69. The quantitative estimate of drug-likeness (QED) is 0.796. The molecular formula is C10H11Br2NO4S2. The van der Waals surface area contributed by atoms with Gasteiger partial charge in [0.25, 0.3) is 0 Å². The van der Waals surface area contributed by atoms with Gasteiger partial charge in [-0.2, -0.15) is 4.31 Å². The predicted octanol–water partition coefficient (Wildman–Crippen LogP) is 2.76. The third-order valence-electron chi connectivity index (χ3n) is 2.98. The summed E-state index contributed by atoms with van der Waals surface area (Å²) in [6.07, 6.45) is 1.09. The van der Waals surface area contributed by atoms with Crippen molar-refractivity contribution in [3.05, 3.63) is 13.6 Å². The van der Waals surface area contributed by atoms with Gasteiger partial charge in [-0.05, 0) is 50.8 Å². The van der Waals surface area contributed by atoms with Crippen LogP contribution in [-0.2, 0) is 14.8 Å². The van der Waals surface area contributed by atoms with Crippen molar-refractivity contribution in [3.63, 3.8) is 0 Å². The lowest BCUT2D eigenvalue weighted by molar-refractivity contribution is -0.142. The first kappa shape index (κ1) is 15.4. The molecule has 0 aliphatic carbocycles. The van der Waals surface area contributed by atoms with E-state index in [1.165, 1.54) is 21.7 Å². The number of halogens is 2. The Kier molecular flexibility index (Phi) is 4.71. The molecule has 1 N–H and O–H groups in total. The third kappa shape index (κ3) is 3.21. The fourth-order valence-electron chi connectivity index (χ4n) is 2.00. The lowest BCUT2D eigenvalue weighted by atomic mass is 10.0. The number of carboxylic acids is 1. The zero-order chi connectivity index (χ0) is 14.2. The van der Waals surface area contributed by atoms with Crippen molar-refractivity contribution >= 4 is 59.2 Å². The molecule has 0 bridgehead atoms. The van der Waals surface area contributed by atoms with Crippen molar-refractivity contribution in [2.75, 3.05) is 13.1 Å². The maximum absolute atomic E-state index is 12.5. The highest BCUT2D eigenvalue weighted by Crippen LogP contribution is 2.37. The molecule has 1 aliphatic heterocycles. The van der Waals surface area contributed by atoms with Gasteiger partial charge >= 0.3 is 5.97 Å². The number of aliphatic carboxylic acids is 1. The molecule has 0 saturated carbocycles. The third-order valence-corrected chi connectivity index (χ3v) is 7.60. The number of carboxylic acid groups (broad SMARTS) is 1. The molecule has 1 atom stereocenters. The Labute approximate surface area is 131 Å². The highest BCUT2D eigenvalue weighted by atomic mass is 79.9. The van der Waals surface area contributed by atoms with Crippen molar-refractivity contribution in [3.8, 4) is 0 Å². The number of thiophene rings is 1. The van der Waals surface area contributed by atoms with Crippen LogP contribution in [0.15, 0.2) is 18.5 Å². The van der Waals surface area contributed by atoms with Crippen LogP contribution in [0.1, 0.15) is 12.8 Å². The highest BCUT2D eigenvalue weighted by molar-refractivity contribution is 9.12. The van der Waals surface area contributed by atoms with Crippen LogP contribution in [0.5, 0.6) is 0 Å². The maximum Gasteiger partial charge on any atom is 0.307 e. The van der Waals surface area contributed by atoms with Gasteiger partial charge in [0.05, 0.1) is 13.5 Å². The van der Waals surface area contributed by atoms with E-state index < -0.39 is 21.9 Å². The molecule has 0 radical (unpaired) electrons. The molecule has 2 heterocycles. The number of piperidine rings is 1. The first-order chi connectivity index (χ1) is 8.82. The van der Waals surface area contributed by atoms with Crippen LogP contribution in [-0.4, -0.2) is 36.9 Å². The van der Waals surface area contributed by atoms with Crippen molar-refractivity contribution in [2.45, 2.75) is 17.7 Å². The van der Waals surface area contributed by atoms with E-state index >= 15 is 0 Å². The molecule has 1 aromatic heterocycles. The Hall–Kier alpha value is 0.0400. The Bertz CT molecular complexity index is 599. The summed E-state index contributed by atoms with van der Waals surface area (Å²) in [4.78, 5) is 11.2. The molecule has 0 aromatic carbocycles. The van der Waals surface area contributed by atoms with Crippen LogP contribution in [0.3, 0.4) is 0 Å². The first-order valence-corrected chi connectivity index (χ1v) is 9.34. The van der Waals surface area contributed by atoms with Gasteiger partial charge in [-0.15, -0.1) is 11.3 Å². The van der Waals surface area contributed by atoms with Crippen LogP contribution in [0.4, 0.5) is 0 Å². The van der Waals surface area contributed by atoms with E-state index in [0.29, 0.717) is 27.0 Å². The molecule has 0 amide bonds. The molecule has 0 unspecified atom stereocenters. The van der Waals surface area contributed by atoms with Crippen LogP contribution >= 0.6 is 43.2 Å². The zero-order valence-corrected chi connectivity index (χ0v) is 14.5. The normalized spacial score (nSPS) is 21.5. The summed E-state index contributed by atoms with van der Waals surface area (Å²) in [7, 11) is -3.63. The van der Waals surface area contributed by atoms with Crippen LogP contribution in [0.25, 0.3) is 0 Å². The molecule has 9 heteroatoms. The monoisotopic (exact) mass is 431 g/mol. The van der Waals surface area contributed by atoms with Gasteiger partial charge in [0.15, 0.2) is 0 Å². The van der Waals surface area contributed by atoms with Crippen molar-refractivity contribution in [2.24, 2.45) is 5.92 Å². The molecule has 2 rings (SSSR count). The van der Waals surface area contributed by atoms with Gasteiger partial charge in [-0.3, -0.25) is 4.79 Å². The lowest BCUT2D eigenvalue weighted by Gasteiger charge is -2.29. The van der Waals surface area contributed by atoms with Crippen LogP contribution in [0, 0.1) is 5.92 Å².